The van der Waals surface area contributed by atoms with Gasteiger partial charge in [-0.15, -0.1) is 0 Å². The summed E-state index contributed by atoms with van der Waals surface area (Å²) in [6.45, 7) is 0. The van der Waals surface area contributed by atoms with Crippen molar-refractivity contribution in [2.75, 3.05) is 0 Å². The fourth-order valence-electron chi connectivity index (χ4n) is 6.82. The Morgan fingerprint density at radius 1 is 0.378 bits per heavy atom. The molecular weight excluding hydrogens is 544 g/mol. The third-order valence-corrected chi connectivity index (χ3v) is 8.73. The van der Waals surface area contributed by atoms with Gasteiger partial charge in [0.2, 0.25) is 0 Å². The molecule has 9 rings (SSSR count). The second kappa shape index (κ2) is 10.4. The lowest BCUT2D eigenvalue weighted by atomic mass is 9.84. The van der Waals surface area contributed by atoms with E-state index in [4.69, 9.17) is 11.3 Å². The van der Waals surface area contributed by atoms with Crippen molar-refractivity contribution in [1.29, 1.82) is 0 Å². The van der Waals surface area contributed by atoms with Gasteiger partial charge in [-0.2, -0.15) is 0 Å². The summed E-state index contributed by atoms with van der Waals surface area (Å²) >= 11 is 0. The van der Waals surface area contributed by atoms with Crippen LogP contribution < -0.4 is 0 Å². The van der Waals surface area contributed by atoms with E-state index < -0.39 is 6.04 Å². The van der Waals surface area contributed by atoms with Crippen molar-refractivity contribution < 1.29 is 11.3 Å². The smallest absolute Gasteiger partial charge is 0.136 e. The number of hydrogen-bond donors (Lipinski definition) is 0. The maximum absolute atomic E-state index is 8.95. The molecule has 0 aliphatic rings. The molecule has 9 aromatic rings. The third-order valence-electron chi connectivity index (χ3n) is 8.73. The fraction of sp³-hybridized carbons (Fsp3) is 0. The van der Waals surface area contributed by atoms with Crippen LogP contribution in [-0.4, -0.2) is 0 Å². The number of furan rings is 1. The molecule has 0 amide bonds. The van der Waals surface area contributed by atoms with Gasteiger partial charge in [0.15, 0.2) is 0 Å². The number of para-hydroxylation sites is 1. The molecule has 0 fully saturated rings. The molecule has 0 spiro atoms. The van der Waals surface area contributed by atoms with Crippen LogP contribution in [0.5, 0.6) is 0 Å². The summed E-state index contributed by atoms with van der Waals surface area (Å²) < 4.78 is 49.6. The number of fused-ring (bicyclic) bond motifs is 5. The average Bonchev–Trinajstić information content (AvgIpc) is 3.54. The van der Waals surface area contributed by atoms with E-state index in [1.807, 2.05) is 54.6 Å². The predicted octanol–water partition coefficient (Wildman–Crippen LogP) is 12.6. The Hall–Kier alpha value is -5.92. The molecule has 0 saturated carbocycles. The first kappa shape index (κ1) is 20.9. The van der Waals surface area contributed by atoms with Crippen molar-refractivity contribution in [2.24, 2.45) is 0 Å². The maximum Gasteiger partial charge on any atom is 0.136 e. The highest BCUT2D eigenvalue weighted by Gasteiger charge is 2.20. The average molecular weight is 578 g/mol. The Morgan fingerprint density at radius 3 is 1.62 bits per heavy atom. The SMILES string of the molecule is [2H]c1c([2H])c([2H])c(-c2cc(-c3c4ccccc4c(-c4cccc(-c5ccccc5)c4)c4ccccc34)cc3oc4ccccc4c23)c([2H])c1[2H]. The molecule has 0 unspecified atom stereocenters. The van der Waals surface area contributed by atoms with Crippen molar-refractivity contribution in [3.05, 3.63) is 170 Å². The lowest BCUT2D eigenvalue weighted by Gasteiger charge is -2.19. The van der Waals surface area contributed by atoms with Gasteiger partial charge in [0.1, 0.15) is 11.2 Å². The van der Waals surface area contributed by atoms with Crippen LogP contribution in [0.2, 0.25) is 0 Å². The Balaban J connectivity index is 1.40. The van der Waals surface area contributed by atoms with Crippen LogP contribution in [0.3, 0.4) is 0 Å². The largest absolute Gasteiger partial charge is 0.456 e. The second-order valence-corrected chi connectivity index (χ2v) is 11.3. The molecule has 1 aromatic heterocycles. The van der Waals surface area contributed by atoms with Gasteiger partial charge in [0, 0.05) is 10.8 Å². The van der Waals surface area contributed by atoms with Crippen molar-refractivity contribution >= 4 is 43.5 Å². The normalized spacial score (nSPS) is 13.1. The summed E-state index contributed by atoms with van der Waals surface area (Å²) in [6, 6.07) is 45.9. The Bertz CT molecular complexity index is 2730. The van der Waals surface area contributed by atoms with Gasteiger partial charge in [-0.25, -0.2) is 0 Å². The maximum atomic E-state index is 8.95. The van der Waals surface area contributed by atoms with E-state index >= 15 is 0 Å². The zero-order valence-electron chi connectivity index (χ0n) is 29.2. The van der Waals surface area contributed by atoms with Crippen LogP contribution in [0.25, 0.3) is 88.0 Å². The summed E-state index contributed by atoms with van der Waals surface area (Å²) in [5, 5.41) is 5.77. The van der Waals surface area contributed by atoms with Crippen molar-refractivity contribution in [1.82, 2.24) is 0 Å². The lowest BCUT2D eigenvalue weighted by molar-refractivity contribution is 0.669. The summed E-state index contributed by atoms with van der Waals surface area (Å²) in [5.74, 6) is 0. The van der Waals surface area contributed by atoms with E-state index in [2.05, 4.69) is 84.9 Å². The molecule has 0 aliphatic carbocycles. The predicted molar refractivity (Wildman–Crippen MR) is 190 cm³/mol. The number of rotatable bonds is 4. The first-order valence-corrected chi connectivity index (χ1v) is 15.0. The molecule has 45 heavy (non-hydrogen) atoms. The first-order valence-electron chi connectivity index (χ1n) is 17.5. The van der Waals surface area contributed by atoms with E-state index in [1.54, 1.807) is 0 Å². The molecule has 0 bridgehead atoms. The van der Waals surface area contributed by atoms with Crippen LogP contribution in [0.1, 0.15) is 6.85 Å². The second-order valence-electron chi connectivity index (χ2n) is 11.3. The Labute approximate surface area is 268 Å². The van der Waals surface area contributed by atoms with Crippen molar-refractivity contribution in [2.45, 2.75) is 0 Å². The van der Waals surface area contributed by atoms with Crippen LogP contribution in [-0.2, 0) is 0 Å². The lowest BCUT2D eigenvalue weighted by Crippen LogP contribution is -1.92. The molecule has 1 nitrogen and oxygen atoms in total. The van der Waals surface area contributed by atoms with E-state index in [0.29, 0.717) is 22.1 Å². The van der Waals surface area contributed by atoms with Crippen LogP contribution in [0, 0.1) is 0 Å². The molecule has 1 heteroatoms. The monoisotopic (exact) mass is 577 g/mol. The van der Waals surface area contributed by atoms with Gasteiger partial charge in [0.05, 0.1) is 6.85 Å². The van der Waals surface area contributed by atoms with Crippen LogP contribution in [0.4, 0.5) is 0 Å². The van der Waals surface area contributed by atoms with Gasteiger partial charge in [-0.1, -0.05) is 145 Å². The van der Waals surface area contributed by atoms with E-state index in [0.717, 1.165) is 60.3 Å². The van der Waals surface area contributed by atoms with Crippen molar-refractivity contribution in [3.8, 4) is 44.5 Å². The topological polar surface area (TPSA) is 13.1 Å². The molecule has 210 valence electrons. The van der Waals surface area contributed by atoms with Gasteiger partial charge < -0.3 is 4.42 Å². The zero-order valence-corrected chi connectivity index (χ0v) is 24.2. The van der Waals surface area contributed by atoms with E-state index in [-0.39, 0.29) is 29.7 Å². The van der Waals surface area contributed by atoms with Gasteiger partial charge >= 0.3 is 0 Å². The number of benzene rings is 8. The zero-order chi connectivity index (χ0) is 34.1. The third kappa shape index (κ3) is 4.17. The fourth-order valence-corrected chi connectivity index (χ4v) is 6.82. The molecule has 1 heterocycles. The highest BCUT2D eigenvalue weighted by atomic mass is 16.3. The first-order chi connectivity index (χ1) is 24.4. The standard InChI is InChI=1S/C44H28O/c1-3-14-29(15-4-1)31-18-13-19-32(26-31)42-34-20-7-9-22-36(34)43(37-23-10-8-21-35(37)42)33-27-39(30-16-5-2-6-17-30)44-38-24-11-12-25-40(38)45-41(44)28-33/h1-28H/i2D,5D,6D,16D,17D. The highest BCUT2D eigenvalue weighted by molar-refractivity contribution is 6.23. The number of hydrogen-bond acceptors (Lipinski definition) is 1. The minimum absolute atomic E-state index is 0.150. The van der Waals surface area contributed by atoms with Gasteiger partial charge in [-0.05, 0) is 90.3 Å². The summed E-state index contributed by atoms with van der Waals surface area (Å²) in [7, 11) is 0. The highest BCUT2D eigenvalue weighted by Crippen LogP contribution is 2.47. The van der Waals surface area contributed by atoms with E-state index in [1.165, 1.54) is 0 Å². The van der Waals surface area contributed by atoms with Gasteiger partial charge in [-0.3, -0.25) is 0 Å². The molecule has 0 radical (unpaired) electrons. The van der Waals surface area contributed by atoms with Crippen LogP contribution >= 0.6 is 0 Å². The van der Waals surface area contributed by atoms with Crippen LogP contribution in [0.15, 0.2) is 174 Å². The van der Waals surface area contributed by atoms with Gasteiger partial charge in [0.25, 0.3) is 0 Å². The summed E-state index contributed by atoms with van der Waals surface area (Å²) in [5.41, 5.74) is 8.27. The van der Waals surface area contributed by atoms with E-state index in [9.17, 15) is 0 Å². The molecule has 0 atom stereocenters. The Morgan fingerprint density at radius 2 is 0.933 bits per heavy atom. The Kier molecular flexibility index (Phi) is 4.81. The quantitative estimate of drug-likeness (QED) is 0.190. The van der Waals surface area contributed by atoms with Crippen molar-refractivity contribution in [3.63, 3.8) is 0 Å². The molecule has 0 N–H and O–H groups in total. The minimum Gasteiger partial charge on any atom is -0.456 e. The minimum atomic E-state index is -0.419. The summed E-state index contributed by atoms with van der Waals surface area (Å²) in [4.78, 5) is 0. The molecule has 0 saturated heterocycles. The molecule has 0 aliphatic heterocycles. The summed E-state index contributed by atoms with van der Waals surface area (Å²) in [6.07, 6.45) is 0. The molecular formula is C44H28O. The molecule has 8 aromatic carbocycles.